The van der Waals surface area contributed by atoms with E-state index in [2.05, 4.69) is 23.3 Å². The number of carbonyl (C=O) groups is 3. The molecule has 202 valence electrons. The lowest BCUT2D eigenvalue weighted by molar-refractivity contribution is -0.142. The molecule has 0 aliphatic heterocycles. The topological polar surface area (TPSA) is 87.7 Å². The number of aryl methyl sites for hydroxylation is 2. The number of hydrogen-bond acceptors (Lipinski definition) is 5. The number of thiol groups is 1. The molecule has 7 nitrogen and oxygen atoms in total. The highest BCUT2D eigenvalue weighted by atomic mass is 32.1. The van der Waals surface area contributed by atoms with Crippen molar-refractivity contribution in [2.24, 2.45) is 0 Å². The standard InChI is InChI=1S/C29H41N3O4S/c1-7-8-16-32(27(34)24(19-37)31-28(35)36-29(4,5)6)25(23-15-14-20(2)17-21(23)3)26(33)30-18-22-12-10-9-11-13-22/h9-15,17,24-25,37H,7-8,16,18-19H2,1-6H3,(H,30,33)(H,31,35). The molecule has 0 radical (unpaired) electrons. The first-order valence-electron chi connectivity index (χ1n) is 12.8. The largest absolute Gasteiger partial charge is 0.444 e. The molecule has 0 aliphatic carbocycles. The Hall–Kier alpha value is -3.00. The molecular formula is C29H41N3O4S. The van der Waals surface area contributed by atoms with Crippen molar-refractivity contribution in [1.82, 2.24) is 15.5 Å². The molecule has 37 heavy (non-hydrogen) atoms. The second-order valence-corrected chi connectivity index (χ2v) is 10.6. The summed E-state index contributed by atoms with van der Waals surface area (Å²) >= 11 is 4.34. The molecule has 2 aromatic carbocycles. The number of alkyl carbamates (subject to hydrolysis) is 1. The molecule has 0 fully saturated rings. The molecule has 0 aliphatic rings. The van der Waals surface area contributed by atoms with Gasteiger partial charge in [-0.05, 0) is 57.7 Å². The number of ether oxygens (including phenoxy) is 1. The Balaban J connectivity index is 2.44. The van der Waals surface area contributed by atoms with Crippen LogP contribution in [-0.2, 0) is 20.9 Å². The summed E-state index contributed by atoms with van der Waals surface area (Å²) in [6.07, 6.45) is 0.831. The molecule has 0 saturated carbocycles. The van der Waals surface area contributed by atoms with Gasteiger partial charge in [-0.3, -0.25) is 9.59 Å². The average molecular weight is 528 g/mol. The van der Waals surface area contributed by atoms with Gasteiger partial charge in [0.05, 0.1) is 0 Å². The monoisotopic (exact) mass is 527 g/mol. The second-order valence-electron chi connectivity index (χ2n) is 10.2. The Morgan fingerprint density at radius 2 is 1.73 bits per heavy atom. The summed E-state index contributed by atoms with van der Waals surface area (Å²) in [7, 11) is 0. The van der Waals surface area contributed by atoms with Crippen LogP contribution in [0.3, 0.4) is 0 Å². The fourth-order valence-electron chi connectivity index (χ4n) is 4.00. The van der Waals surface area contributed by atoms with Gasteiger partial charge < -0.3 is 20.3 Å². The van der Waals surface area contributed by atoms with E-state index < -0.39 is 23.8 Å². The first-order chi connectivity index (χ1) is 17.5. The minimum atomic E-state index is -0.954. The van der Waals surface area contributed by atoms with Crippen molar-refractivity contribution in [3.8, 4) is 0 Å². The van der Waals surface area contributed by atoms with E-state index in [4.69, 9.17) is 4.74 Å². The Labute approximate surface area is 226 Å². The molecule has 0 bridgehead atoms. The SMILES string of the molecule is CCCCN(C(=O)C(CS)NC(=O)OC(C)(C)C)C(C(=O)NCc1ccccc1)c1ccc(C)cc1C. The highest BCUT2D eigenvalue weighted by molar-refractivity contribution is 7.80. The number of rotatable bonds is 11. The number of nitrogens with zero attached hydrogens (tertiary/aromatic N) is 1. The van der Waals surface area contributed by atoms with E-state index in [9.17, 15) is 14.4 Å². The summed E-state index contributed by atoms with van der Waals surface area (Å²) in [4.78, 5) is 41.7. The average Bonchev–Trinajstić information content (AvgIpc) is 2.83. The van der Waals surface area contributed by atoms with Crippen LogP contribution in [0, 0.1) is 13.8 Å². The molecule has 2 unspecified atom stereocenters. The summed E-state index contributed by atoms with van der Waals surface area (Å²) in [6.45, 7) is 11.9. The third-order valence-electron chi connectivity index (χ3n) is 5.80. The Morgan fingerprint density at radius 1 is 1.05 bits per heavy atom. The van der Waals surface area contributed by atoms with Crippen LogP contribution in [0.25, 0.3) is 0 Å². The number of benzene rings is 2. The summed E-state index contributed by atoms with van der Waals surface area (Å²) in [5.74, 6) is -0.601. The van der Waals surface area contributed by atoms with Gasteiger partial charge >= 0.3 is 6.09 Å². The zero-order chi connectivity index (χ0) is 27.6. The predicted octanol–water partition coefficient (Wildman–Crippen LogP) is 5.11. The van der Waals surface area contributed by atoms with E-state index in [0.29, 0.717) is 19.5 Å². The van der Waals surface area contributed by atoms with Crippen LogP contribution in [0.2, 0.25) is 0 Å². The van der Waals surface area contributed by atoms with E-state index in [1.165, 1.54) is 0 Å². The summed E-state index contributed by atoms with van der Waals surface area (Å²) in [5, 5.41) is 5.66. The Kier molecular flexibility index (Phi) is 11.5. The molecule has 3 amide bonds. The number of amides is 3. The highest BCUT2D eigenvalue weighted by Gasteiger charge is 2.36. The van der Waals surface area contributed by atoms with Gasteiger partial charge in [0.25, 0.3) is 0 Å². The van der Waals surface area contributed by atoms with Crippen molar-refractivity contribution in [1.29, 1.82) is 0 Å². The van der Waals surface area contributed by atoms with Crippen LogP contribution >= 0.6 is 12.6 Å². The molecule has 2 aromatic rings. The molecule has 0 spiro atoms. The maximum Gasteiger partial charge on any atom is 0.408 e. The normalized spacial score (nSPS) is 12.8. The van der Waals surface area contributed by atoms with Crippen LogP contribution in [-0.4, -0.2) is 46.7 Å². The molecule has 2 N–H and O–H groups in total. The van der Waals surface area contributed by atoms with Gasteiger partial charge in [0.15, 0.2) is 0 Å². The minimum Gasteiger partial charge on any atom is -0.444 e. The van der Waals surface area contributed by atoms with Crippen molar-refractivity contribution < 1.29 is 19.1 Å². The molecule has 2 atom stereocenters. The summed E-state index contributed by atoms with van der Waals surface area (Å²) in [6, 6.07) is 13.7. The molecule has 2 rings (SSSR count). The first kappa shape index (κ1) is 30.2. The van der Waals surface area contributed by atoms with Gasteiger partial charge in [-0.2, -0.15) is 12.6 Å². The lowest BCUT2D eigenvalue weighted by Crippen LogP contribution is -2.54. The number of carbonyl (C=O) groups excluding carboxylic acids is 3. The van der Waals surface area contributed by atoms with Crippen LogP contribution in [0.5, 0.6) is 0 Å². The van der Waals surface area contributed by atoms with Crippen LogP contribution < -0.4 is 10.6 Å². The smallest absolute Gasteiger partial charge is 0.408 e. The van der Waals surface area contributed by atoms with E-state index in [1.54, 1.807) is 25.7 Å². The quantitative estimate of drug-likeness (QED) is 0.354. The summed E-state index contributed by atoms with van der Waals surface area (Å²) in [5.41, 5.74) is 2.97. The summed E-state index contributed by atoms with van der Waals surface area (Å²) < 4.78 is 5.36. The zero-order valence-electron chi connectivity index (χ0n) is 22.8. The van der Waals surface area contributed by atoms with Gasteiger partial charge in [-0.15, -0.1) is 0 Å². The Bertz CT molecular complexity index is 1050. The second kappa shape index (κ2) is 14.1. The van der Waals surface area contributed by atoms with Crippen LogP contribution in [0.4, 0.5) is 4.79 Å². The van der Waals surface area contributed by atoms with Gasteiger partial charge in [0.1, 0.15) is 17.7 Å². The molecule has 0 heterocycles. The van der Waals surface area contributed by atoms with Crippen LogP contribution in [0.1, 0.15) is 68.8 Å². The maximum absolute atomic E-state index is 13.9. The van der Waals surface area contributed by atoms with Crippen molar-refractivity contribution >= 4 is 30.5 Å². The van der Waals surface area contributed by atoms with Crippen molar-refractivity contribution in [3.05, 3.63) is 70.8 Å². The molecule has 0 aromatic heterocycles. The third-order valence-corrected chi connectivity index (χ3v) is 6.16. The fraction of sp³-hybridized carbons (Fsp3) is 0.483. The van der Waals surface area contributed by atoms with Gasteiger partial charge in [0, 0.05) is 18.8 Å². The number of hydrogen-bond donors (Lipinski definition) is 3. The molecular weight excluding hydrogens is 486 g/mol. The third kappa shape index (κ3) is 9.43. The van der Waals surface area contributed by atoms with E-state index in [0.717, 1.165) is 28.7 Å². The number of unbranched alkanes of at least 4 members (excludes halogenated alkanes) is 1. The maximum atomic E-state index is 13.9. The molecule has 0 saturated heterocycles. The van der Waals surface area contributed by atoms with Crippen LogP contribution in [0.15, 0.2) is 48.5 Å². The van der Waals surface area contributed by atoms with Gasteiger partial charge in [0.2, 0.25) is 11.8 Å². The van der Waals surface area contributed by atoms with E-state index >= 15 is 0 Å². The lowest BCUT2D eigenvalue weighted by Gasteiger charge is -2.35. The Morgan fingerprint density at radius 3 is 2.30 bits per heavy atom. The van der Waals surface area contributed by atoms with Gasteiger partial charge in [-0.1, -0.05) is 67.4 Å². The lowest BCUT2D eigenvalue weighted by atomic mass is 9.96. The molecule has 8 heteroatoms. The van der Waals surface area contributed by atoms with E-state index in [1.807, 2.05) is 69.3 Å². The van der Waals surface area contributed by atoms with Crippen molar-refractivity contribution in [2.75, 3.05) is 12.3 Å². The first-order valence-corrected chi connectivity index (χ1v) is 13.4. The predicted molar refractivity (Wildman–Crippen MR) is 151 cm³/mol. The van der Waals surface area contributed by atoms with Crippen molar-refractivity contribution in [2.45, 2.75) is 78.6 Å². The van der Waals surface area contributed by atoms with Gasteiger partial charge in [-0.25, -0.2) is 4.79 Å². The zero-order valence-corrected chi connectivity index (χ0v) is 23.7. The highest BCUT2D eigenvalue weighted by Crippen LogP contribution is 2.27. The minimum absolute atomic E-state index is 0.0614. The van der Waals surface area contributed by atoms with E-state index in [-0.39, 0.29) is 17.6 Å². The number of nitrogens with one attached hydrogen (secondary N) is 2. The van der Waals surface area contributed by atoms with Crippen molar-refractivity contribution in [3.63, 3.8) is 0 Å². The fourth-order valence-corrected chi connectivity index (χ4v) is 4.24.